The summed E-state index contributed by atoms with van der Waals surface area (Å²) in [5.74, 6) is -0.274. The summed E-state index contributed by atoms with van der Waals surface area (Å²) in [7, 11) is 0. The van der Waals surface area contributed by atoms with Crippen molar-refractivity contribution in [3.05, 3.63) is 50.0 Å². The highest BCUT2D eigenvalue weighted by atomic mass is 19.1. The summed E-state index contributed by atoms with van der Waals surface area (Å²) in [6.07, 6.45) is 3.02. The monoisotopic (exact) mass is 234 g/mol. The Labute approximate surface area is 95.7 Å². The average Bonchev–Trinajstić information content (AvgIpc) is 3.03. The standard InChI is InChI=1S/C12H11FN2O2/c1-6-4-8(13)5-15-10(6)9(7-2-3-7)11(16)14-12(15)17/h4-5,7H,2-3H2,1H3,(H,14,16,17). The van der Waals surface area contributed by atoms with Gasteiger partial charge in [0.05, 0.1) is 5.52 Å². The Hall–Kier alpha value is -1.91. The summed E-state index contributed by atoms with van der Waals surface area (Å²) in [6, 6.07) is 1.35. The molecule has 0 aliphatic heterocycles. The number of nitrogens with one attached hydrogen (secondary N) is 1. The van der Waals surface area contributed by atoms with Gasteiger partial charge < -0.3 is 0 Å². The van der Waals surface area contributed by atoms with E-state index in [1.54, 1.807) is 6.92 Å². The van der Waals surface area contributed by atoms with Gasteiger partial charge in [-0.2, -0.15) is 0 Å². The highest BCUT2D eigenvalue weighted by Gasteiger charge is 2.29. The van der Waals surface area contributed by atoms with Gasteiger partial charge in [-0.25, -0.2) is 9.18 Å². The molecular formula is C12H11FN2O2. The van der Waals surface area contributed by atoms with Crippen LogP contribution in [0.15, 0.2) is 21.9 Å². The van der Waals surface area contributed by atoms with Crippen molar-refractivity contribution in [2.45, 2.75) is 25.7 Å². The lowest BCUT2D eigenvalue weighted by Crippen LogP contribution is -2.29. The quantitative estimate of drug-likeness (QED) is 0.808. The molecule has 1 fully saturated rings. The number of hydrogen-bond acceptors (Lipinski definition) is 2. The van der Waals surface area contributed by atoms with E-state index in [-0.39, 0.29) is 11.5 Å². The second-order valence-corrected chi connectivity index (χ2v) is 4.51. The van der Waals surface area contributed by atoms with E-state index in [4.69, 9.17) is 0 Å². The van der Waals surface area contributed by atoms with E-state index in [9.17, 15) is 14.0 Å². The van der Waals surface area contributed by atoms with Gasteiger partial charge >= 0.3 is 5.69 Å². The predicted molar refractivity (Wildman–Crippen MR) is 61.0 cm³/mol. The molecule has 1 saturated carbocycles. The van der Waals surface area contributed by atoms with Crippen LogP contribution in [0.4, 0.5) is 4.39 Å². The van der Waals surface area contributed by atoms with E-state index in [0.29, 0.717) is 16.6 Å². The number of nitrogens with zero attached hydrogens (tertiary/aromatic N) is 1. The third-order valence-electron chi connectivity index (χ3n) is 3.15. The van der Waals surface area contributed by atoms with Crippen LogP contribution in [-0.4, -0.2) is 9.38 Å². The van der Waals surface area contributed by atoms with Gasteiger partial charge in [0.25, 0.3) is 5.56 Å². The minimum atomic E-state index is -0.586. The summed E-state index contributed by atoms with van der Waals surface area (Å²) < 4.78 is 14.5. The maximum Gasteiger partial charge on any atom is 0.333 e. The lowest BCUT2D eigenvalue weighted by atomic mass is 10.1. The van der Waals surface area contributed by atoms with Crippen molar-refractivity contribution in [1.82, 2.24) is 9.38 Å². The highest BCUT2D eigenvalue weighted by Crippen LogP contribution is 2.40. The minimum absolute atomic E-state index is 0.207. The normalized spacial score (nSPS) is 15.4. The molecule has 5 heteroatoms. The first-order chi connectivity index (χ1) is 8.08. The molecule has 0 aromatic carbocycles. The number of hydrogen-bond donors (Lipinski definition) is 1. The molecule has 2 aromatic heterocycles. The van der Waals surface area contributed by atoms with Crippen LogP contribution in [0.5, 0.6) is 0 Å². The zero-order valence-electron chi connectivity index (χ0n) is 9.29. The molecule has 1 N–H and O–H groups in total. The number of rotatable bonds is 1. The number of aryl methyl sites for hydroxylation is 1. The number of aromatic amines is 1. The van der Waals surface area contributed by atoms with Crippen LogP contribution < -0.4 is 11.2 Å². The molecule has 0 bridgehead atoms. The number of aromatic nitrogens is 2. The van der Waals surface area contributed by atoms with Gasteiger partial charge in [-0.3, -0.25) is 14.2 Å². The van der Waals surface area contributed by atoms with Gasteiger partial charge in [0.2, 0.25) is 0 Å². The average molecular weight is 234 g/mol. The first kappa shape index (κ1) is 10.3. The van der Waals surface area contributed by atoms with Gasteiger partial charge in [0.1, 0.15) is 5.82 Å². The van der Waals surface area contributed by atoms with Crippen molar-refractivity contribution >= 4 is 5.52 Å². The second kappa shape index (κ2) is 3.29. The maximum absolute atomic E-state index is 13.3. The number of H-pyrrole nitrogens is 1. The molecule has 0 spiro atoms. The van der Waals surface area contributed by atoms with Gasteiger partial charge in [-0.05, 0) is 37.3 Å². The van der Waals surface area contributed by atoms with E-state index in [1.807, 2.05) is 0 Å². The van der Waals surface area contributed by atoms with Crippen LogP contribution in [-0.2, 0) is 0 Å². The van der Waals surface area contributed by atoms with Gasteiger partial charge in [0, 0.05) is 11.8 Å². The van der Waals surface area contributed by atoms with Crippen LogP contribution in [0.1, 0.15) is 29.9 Å². The van der Waals surface area contributed by atoms with E-state index in [2.05, 4.69) is 4.98 Å². The lowest BCUT2D eigenvalue weighted by molar-refractivity contribution is 0.615. The van der Waals surface area contributed by atoms with Crippen LogP contribution in [0.3, 0.4) is 0 Å². The summed E-state index contributed by atoms with van der Waals surface area (Å²) in [5.41, 5.74) is 0.865. The van der Waals surface area contributed by atoms with Crippen LogP contribution in [0.25, 0.3) is 5.52 Å². The van der Waals surface area contributed by atoms with E-state index in [1.165, 1.54) is 10.5 Å². The molecule has 1 aliphatic carbocycles. The largest absolute Gasteiger partial charge is 0.333 e. The van der Waals surface area contributed by atoms with Crippen molar-refractivity contribution in [3.63, 3.8) is 0 Å². The third-order valence-corrected chi connectivity index (χ3v) is 3.15. The Balaban J connectivity index is 2.55. The Kier molecular flexibility index (Phi) is 1.98. The second-order valence-electron chi connectivity index (χ2n) is 4.51. The first-order valence-electron chi connectivity index (χ1n) is 5.52. The zero-order chi connectivity index (χ0) is 12.2. The van der Waals surface area contributed by atoms with Gasteiger partial charge in [-0.1, -0.05) is 0 Å². The van der Waals surface area contributed by atoms with E-state index < -0.39 is 11.5 Å². The molecule has 1 aliphatic rings. The number of pyridine rings is 1. The molecule has 17 heavy (non-hydrogen) atoms. The summed E-state index contributed by atoms with van der Waals surface area (Å²) in [4.78, 5) is 25.7. The molecule has 0 saturated heterocycles. The lowest BCUT2D eigenvalue weighted by Gasteiger charge is -2.08. The van der Waals surface area contributed by atoms with Gasteiger partial charge in [-0.15, -0.1) is 0 Å². The Bertz CT molecular complexity index is 726. The summed E-state index contributed by atoms with van der Waals surface area (Å²) >= 11 is 0. The molecule has 0 radical (unpaired) electrons. The van der Waals surface area contributed by atoms with Crippen molar-refractivity contribution < 1.29 is 4.39 Å². The Morgan fingerprint density at radius 1 is 1.41 bits per heavy atom. The van der Waals surface area contributed by atoms with Crippen molar-refractivity contribution in [3.8, 4) is 0 Å². The van der Waals surface area contributed by atoms with Crippen molar-refractivity contribution in [2.24, 2.45) is 0 Å². The topological polar surface area (TPSA) is 54.3 Å². The van der Waals surface area contributed by atoms with E-state index in [0.717, 1.165) is 19.0 Å². The number of fused-ring (bicyclic) bond motifs is 1. The van der Waals surface area contributed by atoms with Gasteiger partial charge in [0.15, 0.2) is 0 Å². The minimum Gasteiger partial charge on any atom is -0.273 e. The maximum atomic E-state index is 13.3. The molecule has 2 heterocycles. The van der Waals surface area contributed by atoms with Crippen molar-refractivity contribution in [1.29, 1.82) is 0 Å². The predicted octanol–water partition coefficient (Wildman–Crippen LogP) is 1.31. The smallest absolute Gasteiger partial charge is 0.273 e. The fourth-order valence-corrected chi connectivity index (χ4v) is 2.28. The Morgan fingerprint density at radius 3 is 2.76 bits per heavy atom. The first-order valence-corrected chi connectivity index (χ1v) is 5.52. The highest BCUT2D eigenvalue weighted by molar-refractivity contribution is 5.61. The third kappa shape index (κ3) is 1.50. The molecular weight excluding hydrogens is 223 g/mol. The molecule has 0 amide bonds. The molecule has 0 unspecified atom stereocenters. The van der Waals surface area contributed by atoms with Crippen LogP contribution in [0.2, 0.25) is 0 Å². The molecule has 2 aromatic rings. The molecule has 4 nitrogen and oxygen atoms in total. The Morgan fingerprint density at radius 2 is 2.12 bits per heavy atom. The fraction of sp³-hybridized carbons (Fsp3) is 0.333. The fourth-order valence-electron chi connectivity index (χ4n) is 2.28. The van der Waals surface area contributed by atoms with Crippen LogP contribution >= 0.6 is 0 Å². The summed E-state index contributed by atoms with van der Waals surface area (Å²) in [6.45, 7) is 1.71. The zero-order valence-corrected chi connectivity index (χ0v) is 9.29. The van der Waals surface area contributed by atoms with E-state index >= 15 is 0 Å². The molecule has 0 atom stereocenters. The number of halogens is 1. The van der Waals surface area contributed by atoms with Crippen LogP contribution in [0, 0.1) is 12.7 Å². The summed E-state index contributed by atoms with van der Waals surface area (Å²) in [5, 5.41) is 0. The molecule has 3 rings (SSSR count). The molecule has 88 valence electrons. The van der Waals surface area contributed by atoms with Crippen molar-refractivity contribution in [2.75, 3.05) is 0 Å². The SMILES string of the molecule is Cc1cc(F)cn2c(=O)[nH]c(=O)c(C3CC3)c12.